The lowest BCUT2D eigenvalue weighted by atomic mass is 10.2. The van der Waals surface area contributed by atoms with Crippen molar-refractivity contribution in [3.63, 3.8) is 0 Å². The van der Waals surface area contributed by atoms with E-state index in [0.29, 0.717) is 16.3 Å². The molecule has 0 fully saturated rings. The summed E-state index contributed by atoms with van der Waals surface area (Å²) in [6.07, 6.45) is 2.88. The fourth-order valence-corrected chi connectivity index (χ4v) is 2.44. The number of carbonyl (C=O) groups excluding carboxylic acids is 1. The Morgan fingerprint density at radius 2 is 2.09 bits per heavy atom. The van der Waals surface area contributed by atoms with Crippen molar-refractivity contribution in [1.82, 2.24) is 0 Å². The van der Waals surface area contributed by atoms with Crippen LogP contribution in [-0.2, 0) is 11.4 Å². The SMILES string of the molecule is NC(=O)/C=C/c1ccc(OCc2ccc(F)cc2Cl)c(Br)c1. The van der Waals surface area contributed by atoms with Gasteiger partial charge in [0.05, 0.1) is 9.50 Å². The predicted octanol–water partition coefficient (Wildman–Crippen LogP) is 4.32. The van der Waals surface area contributed by atoms with Gasteiger partial charge in [0.25, 0.3) is 0 Å². The normalized spacial score (nSPS) is 10.9. The Hall–Kier alpha value is -1.85. The number of amides is 1. The molecule has 0 atom stereocenters. The third-order valence-corrected chi connectivity index (χ3v) is 3.77. The van der Waals surface area contributed by atoms with Gasteiger partial charge in [-0.15, -0.1) is 0 Å². The van der Waals surface area contributed by atoms with E-state index < -0.39 is 5.91 Å². The molecule has 2 N–H and O–H groups in total. The third kappa shape index (κ3) is 4.58. The molecule has 0 spiro atoms. The first-order valence-electron chi connectivity index (χ1n) is 6.29. The molecule has 0 aliphatic heterocycles. The van der Waals surface area contributed by atoms with Crippen LogP contribution in [0, 0.1) is 5.82 Å². The van der Waals surface area contributed by atoms with Crippen molar-refractivity contribution >= 4 is 39.5 Å². The van der Waals surface area contributed by atoms with Gasteiger partial charge in [-0.3, -0.25) is 4.79 Å². The number of hydrogen-bond donors (Lipinski definition) is 1. The zero-order chi connectivity index (χ0) is 16.1. The van der Waals surface area contributed by atoms with Crippen molar-refractivity contribution in [1.29, 1.82) is 0 Å². The molecule has 0 saturated carbocycles. The van der Waals surface area contributed by atoms with E-state index in [1.807, 2.05) is 0 Å². The number of nitrogens with two attached hydrogens (primary N) is 1. The highest BCUT2D eigenvalue weighted by molar-refractivity contribution is 9.10. The van der Waals surface area contributed by atoms with Crippen LogP contribution >= 0.6 is 27.5 Å². The highest BCUT2D eigenvalue weighted by Crippen LogP contribution is 2.28. The number of ether oxygens (including phenoxy) is 1. The third-order valence-electron chi connectivity index (χ3n) is 2.79. The first-order chi connectivity index (χ1) is 10.5. The molecule has 0 aliphatic carbocycles. The Bertz CT molecular complexity index is 734. The molecule has 0 aliphatic rings. The summed E-state index contributed by atoms with van der Waals surface area (Å²) in [5.41, 5.74) is 6.53. The molecule has 2 aromatic rings. The van der Waals surface area contributed by atoms with Gasteiger partial charge >= 0.3 is 0 Å². The summed E-state index contributed by atoms with van der Waals surface area (Å²) >= 11 is 9.34. The van der Waals surface area contributed by atoms with E-state index in [0.717, 1.165) is 10.0 Å². The molecule has 0 unspecified atom stereocenters. The van der Waals surface area contributed by atoms with E-state index in [1.54, 1.807) is 30.3 Å². The van der Waals surface area contributed by atoms with Crippen LogP contribution in [0.15, 0.2) is 46.9 Å². The molecule has 114 valence electrons. The molecule has 0 saturated heterocycles. The van der Waals surface area contributed by atoms with Gasteiger partial charge in [-0.05, 0) is 51.8 Å². The first kappa shape index (κ1) is 16.5. The van der Waals surface area contributed by atoms with Crippen molar-refractivity contribution in [3.8, 4) is 5.75 Å². The molecular formula is C16H12BrClFNO2. The van der Waals surface area contributed by atoms with Gasteiger partial charge in [0, 0.05) is 11.6 Å². The van der Waals surface area contributed by atoms with Crippen LogP contribution in [0.25, 0.3) is 6.08 Å². The monoisotopic (exact) mass is 383 g/mol. The zero-order valence-electron chi connectivity index (χ0n) is 11.4. The molecular weight excluding hydrogens is 373 g/mol. The van der Waals surface area contributed by atoms with Gasteiger partial charge in [0.1, 0.15) is 18.2 Å². The van der Waals surface area contributed by atoms with Crippen molar-refractivity contribution in [2.75, 3.05) is 0 Å². The van der Waals surface area contributed by atoms with Crippen LogP contribution in [0.2, 0.25) is 5.02 Å². The zero-order valence-corrected chi connectivity index (χ0v) is 13.7. The van der Waals surface area contributed by atoms with Gasteiger partial charge in [-0.2, -0.15) is 0 Å². The Morgan fingerprint density at radius 3 is 2.73 bits per heavy atom. The van der Waals surface area contributed by atoms with Gasteiger partial charge in [0.15, 0.2) is 0 Å². The van der Waals surface area contributed by atoms with Crippen molar-refractivity contribution < 1.29 is 13.9 Å². The standard InChI is InChI=1S/C16H12BrClFNO2/c17-13-7-10(2-6-16(20)21)1-5-15(13)22-9-11-3-4-12(19)8-14(11)18/h1-8H,9H2,(H2,20,21)/b6-2+. The number of rotatable bonds is 5. The number of hydrogen-bond acceptors (Lipinski definition) is 2. The summed E-state index contributed by atoms with van der Waals surface area (Å²) in [5, 5.41) is 0.317. The summed E-state index contributed by atoms with van der Waals surface area (Å²) in [6, 6.07) is 9.48. The summed E-state index contributed by atoms with van der Waals surface area (Å²) in [6.45, 7) is 0.216. The van der Waals surface area contributed by atoms with Crippen LogP contribution in [0.5, 0.6) is 5.75 Å². The average Bonchev–Trinajstić information content (AvgIpc) is 2.45. The maximum atomic E-state index is 13.0. The highest BCUT2D eigenvalue weighted by atomic mass is 79.9. The molecule has 2 rings (SSSR count). The minimum absolute atomic E-state index is 0.216. The van der Waals surface area contributed by atoms with E-state index in [9.17, 15) is 9.18 Å². The Labute approximate surface area is 140 Å². The lowest BCUT2D eigenvalue weighted by Gasteiger charge is -2.10. The number of benzene rings is 2. The fraction of sp³-hybridized carbons (Fsp3) is 0.0625. The molecule has 0 radical (unpaired) electrons. The molecule has 6 heteroatoms. The number of halogens is 3. The van der Waals surface area contributed by atoms with Gasteiger partial charge < -0.3 is 10.5 Å². The molecule has 22 heavy (non-hydrogen) atoms. The summed E-state index contributed by atoms with van der Waals surface area (Å²) in [4.78, 5) is 10.7. The summed E-state index contributed by atoms with van der Waals surface area (Å²) in [5.74, 6) is -0.292. The number of primary amides is 1. The predicted molar refractivity (Wildman–Crippen MR) is 88.1 cm³/mol. The average molecular weight is 385 g/mol. The topological polar surface area (TPSA) is 52.3 Å². The fourth-order valence-electron chi connectivity index (χ4n) is 1.71. The maximum Gasteiger partial charge on any atom is 0.241 e. The van der Waals surface area contributed by atoms with Crippen LogP contribution in [-0.4, -0.2) is 5.91 Å². The smallest absolute Gasteiger partial charge is 0.241 e. The summed E-state index contributed by atoms with van der Waals surface area (Å²) in [7, 11) is 0. The van der Waals surface area contributed by atoms with Crippen molar-refractivity contribution in [2.45, 2.75) is 6.61 Å². The van der Waals surface area contributed by atoms with Crippen LogP contribution in [0.1, 0.15) is 11.1 Å². The second kappa shape index (κ2) is 7.42. The van der Waals surface area contributed by atoms with E-state index in [1.165, 1.54) is 18.2 Å². The quantitative estimate of drug-likeness (QED) is 0.781. The second-order valence-electron chi connectivity index (χ2n) is 4.45. The molecule has 2 aromatic carbocycles. The first-order valence-corrected chi connectivity index (χ1v) is 7.46. The highest BCUT2D eigenvalue weighted by Gasteiger charge is 2.06. The molecule has 0 bridgehead atoms. The van der Waals surface area contributed by atoms with E-state index in [-0.39, 0.29) is 12.4 Å². The minimum Gasteiger partial charge on any atom is -0.488 e. The Kier molecular flexibility index (Phi) is 5.57. The summed E-state index contributed by atoms with van der Waals surface area (Å²) < 4.78 is 19.4. The van der Waals surface area contributed by atoms with Gasteiger partial charge in [-0.1, -0.05) is 23.7 Å². The lowest BCUT2D eigenvalue weighted by molar-refractivity contribution is -0.113. The van der Waals surface area contributed by atoms with E-state index in [2.05, 4.69) is 15.9 Å². The van der Waals surface area contributed by atoms with Crippen molar-refractivity contribution in [3.05, 3.63) is 68.9 Å². The van der Waals surface area contributed by atoms with Crippen molar-refractivity contribution in [2.24, 2.45) is 5.73 Å². The Morgan fingerprint density at radius 1 is 1.32 bits per heavy atom. The lowest BCUT2D eigenvalue weighted by Crippen LogP contribution is -2.05. The largest absolute Gasteiger partial charge is 0.488 e. The molecule has 0 heterocycles. The number of carbonyl (C=O) groups is 1. The van der Waals surface area contributed by atoms with Gasteiger partial charge in [-0.25, -0.2) is 4.39 Å². The minimum atomic E-state index is -0.512. The van der Waals surface area contributed by atoms with Crippen LogP contribution < -0.4 is 10.5 Å². The van der Waals surface area contributed by atoms with E-state index in [4.69, 9.17) is 22.1 Å². The van der Waals surface area contributed by atoms with E-state index >= 15 is 0 Å². The van der Waals surface area contributed by atoms with Gasteiger partial charge in [0.2, 0.25) is 5.91 Å². The van der Waals surface area contributed by atoms with Crippen LogP contribution in [0.3, 0.4) is 0 Å². The molecule has 3 nitrogen and oxygen atoms in total. The molecule has 1 amide bonds. The maximum absolute atomic E-state index is 13.0. The van der Waals surface area contributed by atoms with Crippen LogP contribution in [0.4, 0.5) is 4.39 Å². The Balaban J connectivity index is 2.08. The molecule has 0 aromatic heterocycles. The second-order valence-corrected chi connectivity index (χ2v) is 5.71.